The van der Waals surface area contributed by atoms with E-state index in [0.717, 1.165) is 23.5 Å². The van der Waals surface area contributed by atoms with E-state index in [0.29, 0.717) is 5.56 Å². The van der Waals surface area contributed by atoms with Crippen LogP contribution >= 0.6 is 11.3 Å². The average molecular weight is 269 g/mol. The maximum absolute atomic E-state index is 13.7. The lowest BCUT2D eigenvalue weighted by molar-refractivity contribution is 0.0603. The van der Waals surface area contributed by atoms with E-state index < -0.39 is 17.6 Å². The first-order valence-corrected chi connectivity index (χ1v) is 5.83. The lowest BCUT2D eigenvalue weighted by Gasteiger charge is -2.05. The number of rotatable bonds is 2. The highest BCUT2D eigenvalue weighted by molar-refractivity contribution is 7.14. The standard InChI is InChI=1S/C12H9F2NO2S/c1-17-12(16)10-8(5-18-11(10)15)7-3-2-6(13)4-9(7)14/h2-5H,15H2,1H3. The van der Waals surface area contributed by atoms with E-state index >= 15 is 0 Å². The summed E-state index contributed by atoms with van der Waals surface area (Å²) in [5.41, 5.74) is 6.18. The van der Waals surface area contributed by atoms with Crippen LogP contribution in [0.15, 0.2) is 23.6 Å². The fourth-order valence-electron chi connectivity index (χ4n) is 1.59. The Bertz CT molecular complexity index is 610. The first-order valence-electron chi connectivity index (χ1n) is 4.95. The molecule has 0 aliphatic carbocycles. The fraction of sp³-hybridized carbons (Fsp3) is 0.0833. The molecule has 0 amide bonds. The van der Waals surface area contributed by atoms with Crippen LogP contribution in [0.25, 0.3) is 11.1 Å². The van der Waals surface area contributed by atoms with Gasteiger partial charge in [-0.05, 0) is 12.1 Å². The van der Waals surface area contributed by atoms with Crippen LogP contribution in [0.3, 0.4) is 0 Å². The summed E-state index contributed by atoms with van der Waals surface area (Å²) in [6.07, 6.45) is 0. The van der Waals surface area contributed by atoms with Crippen LogP contribution in [0, 0.1) is 11.6 Å². The maximum atomic E-state index is 13.7. The Labute approximate surface area is 106 Å². The number of nitrogen functional groups attached to an aromatic ring is 1. The number of nitrogens with two attached hydrogens (primary N) is 1. The van der Waals surface area contributed by atoms with Gasteiger partial charge < -0.3 is 10.5 Å². The number of methoxy groups -OCH3 is 1. The van der Waals surface area contributed by atoms with E-state index in [-0.39, 0.29) is 16.1 Å². The molecule has 0 atom stereocenters. The third-order valence-corrected chi connectivity index (χ3v) is 3.24. The van der Waals surface area contributed by atoms with E-state index in [2.05, 4.69) is 4.74 Å². The van der Waals surface area contributed by atoms with Crippen LogP contribution in [-0.2, 0) is 4.74 Å². The van der Waals surface area contributed by atoms with Crippen molar-refractivity contribution in [3.63, 3.8) is 0 Å². The number of hydrogen-bond donors (Lipinski definition) is 1. The summed E-state index contributed by atoms with van der Waals surface area (Å²) >= 11 is 1.10. The lowest BCUT2D eigenvalue weighted by Crippen LogP contribution is -2.04. The fourth-order valence-corrected chi connectivity index (χ4v) is 2.39. The van der Waals surface area contributed by atoms with Gasteiger partial charge in [-0.2, -0.15) is 0 Å². The molecule has 2 N–H and O–H groups in total. The molecule has 6 heteroatoms. The van der Waals surface area contributed by atoms with Crippen LogP contribution in [-0.4, -0.2) is 13.1 Å². The van der Waals surface area contributed by atoms with Gasteiger partial charge in [-0.3, -0.25) is 0 Å². The molecule has 0 spiro atoms. The van der Waals surface area contributed by atoms with Gasteiger partial charge in [0.2, 0.25) is 0 Å². The summed E-state index contributed by atoms with van der Waals surface area (Å²) in [7, 11) is 1.21. The number of anilines is 1. The number of carbonyl (C=O) groups excluding carboxylic acids is 1. The third-order valence-electron chi connectivity index (χ3n) is 2.43. The molecule has 0 unspecified atom stereocenters. The van der Waals surface area contributed by atoms with Crippen LogP contribution in [0.2, 0.25) is 0 Å². The molecule has 1 aromatic heterocycles. The predicted molar refractivity (Wildman–Crippen MR) is 65.4 cm³/mol. The van der Waals surface area contributed by atoms with Gasteiger partial charge in [0.25, 0.3) is 0 Å². The van der Waals surface area contributed by atoms with E-state index in [9.17, 15) is 13.6 Å². The highest BCUT2D eigenvalue weighted by Gasteiger charge is 2.21. The lowest BCUT2D eigenvalue weighted by atomic mass is 10.0. The SMILES string of the molecule is COC(=O)c1c(-c2ccc(F)cc2F)csc1N. The molecule has 2 rings (SSSR count). The molecule has 94 valence electrons. The molecule has 2 aromatic rings. The number of halogens is 2. The predicted octanol–water partition coefficient (Wildman–Crippen LogP) is 3.06. The van der Waals surface area contributed by atoms with Crippen molar-refractivity contribution in [2.24, 2.45) is 0 Å². The van der Waals surface area contributed by atoms with Gasteiger partial charge in [0, 0.05) is 22.6 Å². The molecule has 3 nitrogen and oxygen atoms in total. The van der Waals surface area contributed by atoms with Gasteiger partial charge in [0.05, 0.1) is 7.11 Å². The molecule has 0 saturated carbocycles. The van der Waals surface area contributed by atoms with Gasteiger partial charge in [-0.25, -0.2) is 13.6 Å². The topological polar surface area (TPSA) is 52.3 Å². The van der Waals surface area contributed by atoms with Crippen molar-refractivity contribution < 1.29 is 18.3 Å². The Balaban J connectivity index is 2.61. The number of carbonyl (C=O) groups is 1. The smallest absolute Gasteiger partial charge is 0.341 e. The summed E-state index contributed by atoms with van der Waals surface area (Å²) in [6, 6.07) is 3.14. The second-order valence-corrected chi connectivity index (χ2v) is 4.42. The molecule has 18 heavy (non-hydrogen) atoms. The van der Waals surface area contributed by atoms with Crippen LogP contribution < -0.4 is 5.73 Å². The minimum Gasteiger partial charge on any atom is -0.465 e. The first-order chi connectivity index (χ1) is 8.54. The van der Waals surface area contributed by atoms with Crippen molar-refractivity contribution in [2.75, 3.05) is 12.8 Å². The normalized spacial score (nSPS) is 10.4. The zero-order valence-electron chi connectivity index (χ0n) is 9.37. The van der Waals surface area contributed by atoms with Crippen molar-refractivity contribution in [2.45, 2.75) is 0 Å². The quantitative estimate of drug-likeness (QED) is 0.852. The van der Waals surface area contributed by atoms with Crippen molar-refractivity contribution in [3.8, 4) is 11.1 Å². The van der Waals surface area contributed by atoms with Gasteiger partial charge in [-0.1, -0.05) is 0 Å². The Morgan fingerprint density at radius 1 is 1.33 bits per heavy atom. The Kier molecular flexibility index (Phi) is 3.29. The second-order valence-electron chi connectivity index (χ2n) is 3.50. The summed E-state index contributed by atoms with van der Waals surface area (Å²) in [4.78, 5) is 11.6. The molecule has 1 aromatic carbocycles. The number of hydrogen-bond acceptors (Lipinski definition) is 4. The summed E-state index contributed by atoms with van der Waals surface area (Å²) in [6.45, 7) is 0. The van der Waals surface area contributed by atoms with Crippen LogP contribution in [0.4, 0.5) is 13.8 Å². The monoisotopic (exact) mass is 269 g/mol. The molecular formula is C12H9F2NO2S. The highest BCUT2D eigenvalue weighted by Crippen LogP contribution is 2.35. The van der Waals surface area contributed by atoms with E-state index in [4.69, 9.17) is 5.73 Å². The molecule has 0 aliphatic heterocycles. The summed E-state index contributed by atoms with van der Waals surface area (Å²) in [5, 5.41) is 1.78. The van der Waals surface area contributed by atoms with Crippen molar-refractivity contribution >= 4 is 22.3 Å². The summed E-state index contributed by atoms with van der Waals surface area (Å²) < 4.78 is 31.1. The van der Waals surface area contributed by atoms with Crippen molar-refractivity contribution in [1.29, 1.82) is 0 Å². The van der Waals surface area contributed by atoms with Gasteiger partial charge in [0.1, 0.15) is 22.2 Å². The van der Waals surface area contributed by atoms with Crippen molar-refractivity contribution in [3.05, 3.63) is 40.8 Å². The summed E-state index contributed by atoms with van der Waals surface area (Å²) in [5.74, 6) is -2.08. The maximum Gasteiger partial charge on any atom is 0.341 e. The minimum atomic E-state index is -0.752. The zero-order chi connectivity index (χ0) is 13.3. The molecule has 0 aliphatic rings. The third kappa shape index (κ3) is 2.06. The van der Waals surface area contributed by atoms with Gasteiger partial charge in [0.15, 0.2) is 0 Å². The number of esters is 1. The Morgan fingerprint density at radius 3 is 2.67 bits per heavy atom. The Hall–Kier alpha value is -1.95. The van der Waals surface area contributed by atoms with Crippen LogP contribution in [0.5, 0.6) is 0 Å². The number of benzene rings is 1. The zero-order valence-corrected chi connectivity index (χ0v) is 10.2. The second kappa shape index (κ2) is 4.73. The number of thiophene rings is 1. The van der Waals surface area contributed by atoms with Gasteiger partial charge >= 0.3 is 5.97 Å². The van der Waals surface area contributed by atoms with E-state index in [1.807, 2.05) is 0 Å². The molecule has 0 fully saturated rings. The van der Waals surface area contributed by atoms with Crippen molar-refractivity contribution in [1.82, 2.24) is 0 Å². The molecule has 0 saturated heterocycles. The molecule has 0 radical (unpaired) electrons. The van der Waals surface area contributed by atoms with Gasteiger partial charge in [-0.15, -0.1) is 11.3 Å². The van der Waals surface area contributed by atoms with E-state index in [1.54, 1.807) is 0 Å². The highest BCUT2D eigenvalue weighted by atomic mass is 32.1. The molecule has 0 bridgehead atoms. The molecule has 1 heterocycles. The van der Waals surface area contributed by atoms with Crippen LogP contribution in [0.1, 0.15) is 10.4 Å². The molecular weight excluding hydrogens is 260 g/mol. The largest absolute Gasteiger partial charge is 0.465 e. The van der Waals surface area contributed by atoms with E-state index in [1.165, 1.54) is 18.6 Å². The Morgan fingerprint density at radius 2 is 2.06 bits per heavy atom. The average Bonchev–Trinajstić information content (AvgIpc) is 2.70. The first kappa shape index (κ1) is 12.5. The number of ether oxygens (including phenoxy) is 1. The minimum absolute atomic E-state index is 0.105.